The molecule has 26 heavy (non-hydrogen) atoms. The quantitative estimate of drug-likeness (QED) is 0.659. The van der Waals surface area contributed by atoms with Gasteiger partial charge in [-0.3, -0.25) is 4.79 Å². The van der Waals surface area contributed by atoms with Gasteiger partial charge in [0.1, 0.15) is 23.0 Å². The highest BCUT2D eigenvalue weighted by Crippen LogP contribution is 2.11. The van der Waals surface area contributed by atoms with Crippen LogP contribution in [0, 0.1) is 18.6 Å². The average molecular weight is 358 g/mol. The minimum absolute atomic E-state index is 0.161. The summed E-state index contributed by atoms with van der Waals surface area (Å²) in [5.41, 5.74) is 0.280. The highest BCUT2D eigenvalue weighted by molar-refractivity contribution is 5.94. The molecule has 0 aliphatic carbocycles. The molecular weight excluding hydrogens is 342 g/mol. The standard InChI is InChI=1S/C17H16F2N6O/c1-11-7-10-25(24-11)15-6-5-14(22-23-15)20-8-9-21-17(26)16-12(18)3-2-4-13(16)19/h2-7,10H,8-9H2,1H3,(H,20,22)(H,21,26). The van der Waals surface area contributed by atoms with E-state index in [2.05, 4.69) is 25.9 Å². The van der Waals surface area contributed by atoms with E-state index < -0.39 is 23.1 Å². The SMILES string of the molecule is Cc1ccn(-c2ccc(NCCNC(=O)c3c(F)cccc3F)nn2)n1. The van der Waals surface area contributed by atoms with Crippen LogP contribution >= 0.6 is 0 Å². The minimum atomic E-state index is -0.897. The van der Waals surface area contributed by atoms with Gasteiger partial charge in [0, 0.05) is 19.3 Å². The molecule has 0 aliphatic rings. The highest BCUT2D eigenvalue weighted by Gasteiger charge is 2.16. The number of carbonyl (C=O) groups excluding carboxylic acids is 1. The second-order valence-corrected chi connectivity index (χ2v) is 5.46. The summed E-state index contributed by atoms with van der Waals surface area (Å²) >= 11 is 0. The highest BCUT2D eigenvalue weighted by atomic mass is 19.1. The summed E-state index contributed by atoms with van der Waals surface area (Å²) in [6, 6.07) is 8.60. The molecule has 7 nitrogen and oxygen atoms in total. The molecule has 0 atom stereocenters. The molecule has 0 aliphatic heterocycles. The summed E-state index contributed by atoms with van der Waals surface area (Å²) in [6.07, 6.45) is 1.78. The summed E-state index contributed by atoms with van der Waals surface area (Å²) in [5, 5.41) is 17.7. The van der Waals surface area contributed by atoms with Crippen LogP contribution in [0.3, 0.4) is 0 Å². The summed E-state index contributed by atoms with van der Waals surface area (Å²) < 4.78 is 28.6. The first kappa shape index (κ1) is 17.5. The van der Waals surface area contributed by atoms with E-state index in [1.807, 2.05) is 13.0 Å². The molecule has 1 aromatic carbocycles. The lowest BCUT2D eigenvalue weighted by atomic mass is 10.2. The van der Waals surface area contributed by atoms with Gasteiger partial charge in [0.15, 0.2) is 5.82 Å². The first-order valence-electron chi connectivity index (χ1n) is 7.87. The van der Waals surface area contributed by atoms with Crippen molar-refractivity contribution in [2.24, 2.45) is 0 Å². The molecule has 0 unspecified atom stereocenters. The molecule has 0 saturated heterocycles. The van der Waals surface area contributed by atoms with Crippen molar-refractivity contribution in [3.8, 4) is 5.82 Å². The molecule has 3 aromatic rings. The summed E-state index contributed by atoms with van der Waals surface area (Å²) in [7, 11) is 0. The number of benzene rings is 1. The van der Waals surface area contributed by atoms with E-state index in [4.69, 9.17) is 0 Å². The molecule has 1 amide bonds. The first-order valence-corrected chi connectivity index (χ1v) is 7.87. The number of nitrogens with zero attached hydrogens (tertiary/aromatic N) is 4. The third-order valence-electron chi connectivity index (χ3n) is 3.51. The van der Waals surface area contributed by atoms with Crippen LogP contribution in [0.2, 0.25) is 0 Å². The van der Waals surface area contributed by atoms with Crippen molar-refractivity contribution >= 4 is 11.7 Å². The maximum Gasteiger partial charge on any atom is 0.257 e. The fourth-order valence-corrected chi connectivity index (χ4v) is 2.25. The Morgan fingerprint density at radius 2 is 1.85 bits per heavy atom. The molecule has 0 radical (unpaired) electrons. The molecule has 134 valence electrons. The molecule has 0 bridgehead atoms. The van der Waals surface area contributed by atoms with Gasteiger partial charge in [-0.05, 0) is 37.3 Å². The van der Waals surface area contributed by atoms with Crippen molar-refractivity contribution in [1.29, 1.82) is 0 Å². The van der Waals surface area contributed by atoms with Gasteiger partial charge >= 0.3 is 0 Å². The van der Waals surface area contributed by atoms with Crippen molar-refractivity contribution in [2.75, 3.05) is 18.4 Å². The lowest BCUT2D eigenvalue weighted by Crippen LogP contribution is -2.30. The van der Waals surface area contributed by atoms with Gasteiger partial charge in [-0.2, -0.15) is 5.10 Å². The zero-order valence-electron chi connectivity index (χ0n) is 13.9. The van der Waals surface area contributed by atoms with Gasteiger partial charge < -0.3 is 10.6 Å². The van der Waals surface area contributed by atoms with Crippen LogP contribution in [0.1, 0.15) is 16.1 Å². The van der Waals surface area contributed by atoms with E-state index in [1.165, 1.54) is 6.07 Å². The van der Waals surface area contributed by atoms with Gasteiger partial charge in [-0.15, -0.1) is 10.2 Å². The van der Waals surface area contributed by atoms with Crippen molar-refractivity contribution in [3.63, 3.8) is 0 Å². The van der Waals surface area contributed by atoms with E-state index in [-0.39, 0.29) is 6.54 Å². The molecule has 0 spiro atoms. The monoisotopic (exact) mass is 358 g/mol. The first-order chi connectivity index (χ1) is 12.5. The van der Waals surface area contributed by atoms with Crippen molar-refractivity contribution in [3.05, 3.63) is 65.5 Å². The van der Waals surface area contributed by atoms with Crippen LogP contribution in [-0.4, -0.2) is 39.0 Å². The Morgan fingerprint density at radius 3 is 2.46 bits per heavy atom. The number of amides is 1. The van der Waals surface area contributed by atoms with Crippen LogP contribution in [0.5, 0.6) is 0 Å². The smallest absolute Gasteiger partial charge is 0.257 e. The number of halogens is 2. The molecule has 0 saturated carbocycles. The Labute approximate surface area is 148 Å². The van der Waals surface area contributed by atoms with E-state index >= 15 is 0 Å². The average Bonchev–Trinajstić information content (AvgIpc) is 3.05. The lowest BCUT2D eigenvalue weighted by Gasteiger charge is -2.08. The minimum Gasteiger partial charge on any atom is -0.367 e. The molecule has 2 aromatic heterocycles. The fraction of sp³-hybridized carbons (Fsp3) is 0.176. The van der Waals surface area contributed by atoms with E-state index in [0.29, 0.717) is 18.2 Å². The maximum atomic E-state index is 13.5. The number of anilines is 1. The van der Waals surface area contributed by atoms with E-state index in [9.17, 15) is 13.6 Å². The van der Waals surface area contributed by atoms with Gasteiger partial charge in [-0.1, -0.05) is 6.07 Å². The third kappa shape index (κ3) is 4.00. The number of aryl methyl sites for hydroxylation is 1. The van der Waals surface area contributed by atoms with Crippen molar-refractivity contribution in [2.45, 2.75) is 6.92 Å². The molecule has 9 heteroatoms. The zero-order chi connectivity index (χ0) is 18.5. The number of aromatic nitrogens is 4. The van der Waals surface area contributed by atoms with Crippen LogP contribution in [0.4, 0.5) is 14.6 Å². The lowest BCUT2D eigenvalue weighted by molar-refractivity contribution is 0.0946. The number of rotatable bonds is 6. The Balaban J connectivity index is 1.50. The number of hydrogen-bond donors (Lipinski definition) is 2. The van der Waals surface area contributed by atoms with Gasteiger partial charge in [0.05, 0.1) is 5.69 Å². The van der Waals surface area contributed by atoms with E-state index in [0.717, 1.165) is 17.8 Å². The van der Waals surface area contributed by atoms with Gasteiger partial charge in [0.2, 0.25) is 0 Å². The van der Waals surface area contributed by atoms with Crippen molar-refractivity contribution in [1.82, 2.24) is 25.3 Å². The number of nitrogens with one attached hydrogen (secondary N) is 2. The largest absolute Gasteiger partial charge is 0.367 e. The summed E-state index contributed by atoms with van der Waals surface area (Å²) in [6.45, 7) is 2.35. The van der Waals surface area contributed by atoms with Crippen LogP contribution < -0.4 is 10.6 Å². The topological polar surface area (TPSA) is 84.7 Å². The molecular formula is C17H16F2N6O. The Bertz CT molecular complexity index is 890. The molecule has 2 heterocycles. The predicted octanol–water partition coefficient (Wildman–Crippen LogP) is 2.09. The van der Waals surface area contributed by atoms with Gasteiger partial charge in [-0.25, -0.2) is 13.5 Å². The van der Waals surface area contributed by atoms with Crippen LogP contribution in [0.25, 0.3) is 5.82 Å². The van der Waals surface area contributed by atoms with E-state index in [1.54, 1.807) is 23.0 Å². The third-order valence-corrected chi connectivity index (χ3v) is 3.51. The van der Waals surface area contributed by atoms with Gasteiger partial charge in [0.25, 0.3) is 5.91 Å². The Hall–Kier alpha value is -3.36. The molecule has 3 rings (SSSR count). The Morgan fingerprint density at radius 1 is 1.08 bits per heavy atom. The molecule has 0 fully saturated rings. The number of hydrogen-bond acceptors (Lipinski definition) is 5. The normalized spacial score (nSPS) is 10.6. The maximum absolute atomic E-state index is 13.5. The predicted molar refractivity (Wildman–Crippen MR) is 91.1 cm³/mol. The number of carbonyl (C=O) groups is 1. The second-order valence-electron chi connectivity index (χ2n) is 5.46. The van der Waals surface area contributed by atoms with Crippen molar-refractivity contribution < 1.29 is 13.6 Å². The zero-order valence-corrected chi connectivity index (χ0v) is 13.9. The van der Waals surface area contributed by atoms with Crippen LogP contribution in [0.15, 0.2) is 42.6 Å². The van der Waals surface area contributed by atoms with Crippen LogP contribution in [-0.2, 0) is 0 Å². The second kappa shape index (κ2) is 7.68. The summed E-state index contributed by atoms with van der Waals surface area (Å²) in [5.74, 6) is -1.52. The Kier molecular flexibility index (Phi) is 5.16. The molecule has 2 N–H and O–H groups in total. The summed E-state index contributed by atoms with van der Waals surface area (Å²) in [4.78, 5) is 11.8. The fourth-order valence-electron chi connectivity index (χ4n) is 2.25.